The lowest BCUT2D eigenvalue weighted by Crippen LogP contribution is -2.58. The molecule has 106 valence electrons. The van der Waals surface area contributed by atoms with Gasteiger partial charge in [-0.1, -0.05) is 20.8 Å². The zero-order valence-corrected chi connectivity index (χ0v) is 12.7. The number of carbonyl (C=O) groups is 1. The lowest BCUT2D eigenvalue weighted by atomic mass is 9.81. The molecule has 18 heavy (non-hydrogen) atoms. The van der Waals surface area contributed by atoms with Crippen molar-refractivity contribution in [2.45, 2.75) is 59.6 Å². The molecule has 1 rings (SSSR count). The highest BCUT2D eigenvalue weighted by Gasteiger charge is 2.34. The minimum absolute atomic E-state index is 0.194. The fourth-order valence-electron chi connectivity index (χ4n) is 2.01. The summed E-state index contributed by atoms with van der Waals surface area (Å²) in [6.07, 6.45) is 0.896. The lowest BCUT2D eigenvalue weighted by molar-refractivity contribution is 0.0136. The van der Waals surface area contributed by atoms with Crippen molar-refractivity contribution in [2.75, 3.05) is 19.6 Å². The minimum atomic E-state index is -0.419. The second-order valence-corrected chi connectivity index (χ2v) is 6.78. The van der Waals surface area contributed by atoms with E-state index in [1.807, 2.05) is 25.7 Å². The van der Waals surface area contributed by atoms with Gasteiger partial charge in [-0.25, -0.2) is 4.79 Å². The van der Waals surface area contributed by atoms with Crippen LogP contribution in [0.3, 0.4) is 0 Å². The molecule has 0 bridgehead atoms. The Morgan fingerprint density at radius 3 is 2.44 bits per heavy atom. The minimum Gasteiger partial charge on any atom is -0.444 e. The molecule has 0 aliphatic carbocycles. The summed E-state index contributed by atoms with van der Waals surface area (Å²) in [6.45, 7) is 14.7. The number of amides is 1. The molecule has 0 saturated carbocycles. The molecule has 1 N–H and O–H groups in total. The van der Waals surface area contributed by atoms with Gasteiger partial charge in [0, 0.05) is 25.7 Å². The maximum absolute atomic E-state index is 12.1. The van der Waals surface area contributed by atoms with Crippen LogP contribution in [-0.4, -0.2) is 42.3 Å². The highest BCUT2D eigenvalue weighted by Crippen LogP contribution is 2.27. The van der Waals surface area contributed by atoms with Crippen LogP contribution in [0.1, 0.15) is 48.0 Å². The number of hydrogen-bond acceptors (Lipinski definition) is 3. The Balaban J connectivity index is 2.61. The van der Waals surface area contributed by atoms with Crippen LogP contribution < -0.4 is 5.32 Å². The molecular weight excluding hydrogens is 228 g/mol. The quantitative estimate of drug-likeness (QED) is 0.826. The van der Waals surface area contributed by atoms with Crippen molar-refractivity contribution in [2.24, 2.45) is 5.41 Å². The zero-order chi connectivity index (χ0) is 14.0. The van der Waals surface area contributed by atoms with E-state index in [-0.39, 0.29) is 11.5 Å². The predicted octanol–water partition coefficient (Wildman–Crippen LogP) is 2.63. The van der Waals surface area contributed by atoms with Crippen LogP contribution in [0.25, 0.3) is 0 Å². The fourth-order valence-corrected chi connectivity index (χ4v) is 2.01. The third-order valence-electron chi connectivity index (χ3n) is 3.68. The highest BCUT2D eigenvalue weighted by molar-refractivity contribution is 5.68. The number of piperazine rings is 1. The van der Waals surface area contributed by atoms with Crippen molar-refractivity contribution in [1.29, 1.82) is 0 Å². The lowest BCUT2D eigenvalue weighted by Gasteiger charge is -2.42. The number of nitrogens with zero attached hydrogens (tertiary/aromatic N) is 1. The number of ether oxygens (including phenoxy) is 1. The normalized spacial score (nSPS) is 21.9. The number of rotatable bonds is 2. The molecule has 1 saturated heterocycles. The summed E-state index contributed by atoms with van der Waals surface area (Å²) >= 11 is 0. The topological polar surface area (TPSA) is 41.6 Å². The second-order valence-electron chi connectivity index (χ2n) is 6.78. The standard InChI is InChI=1S/C14H28N2O2/c1-7-14(5,6)11-10-16(9-8-15-11)12(17)18-13(2,3)4/h11,15H,7-10H2,1-6H3. The van der Waals surface area contributed by atoms with Gasteiger partial charge in [-0.2, -0.15) is 0 Å². The molecule has 1 aliphatic heterocycles. The first-order chi connectivity index (χ1) is 8.15. The maximum Gasteiger partial charge on any atom is 0.410 e. The van der Waals surface area contributed by atoms with Gasteiger partial charge in [0.1, 0.15) is 5.60 Å². The van der Waals surface area contributed by atoms with Crippen molar-refractivity contribution < 1.29 is 9.53 Å². The maximum atomic E-state index is 12.1. The molecule has 1 amide bonds. The summed E-state index contributed by atoms with van der Waals surface area (Å²) in [5.41, 5.74) is -0.224. The smallest absolute Gasteiger partial charge is 0.410 e. The molecule has 1 aliphatic rings. The van der Waals surface area contributed by atoms with Gasteiger partial charge < -0.3 is 15.0 Å². The van der Waals surface area contributed by atoms with Gasteiger partial charge in [0.25, 0.3) is 0 Å². The van der Waals surface area contributed by atoms with E-state index < -0.39 is 5.60 Å². The molecule has 0 spiro atoms. The van der Waals surface area contributed by atoms with Crippen molar-refractivity contribution in [3.05, 3.63) is 0 Å². The number of carbonyl (C=O) groups excluding carboxylic acids is 1. The SMILES string of the molecule is CCC(C)(C)C1CN(C(=O)OC(C)(C)C)CCN1. The van der Waals surface area contributed by atoms with E-state index in [0.29, 0.717) is 6.04 Å². The van der Waals surface area contributed by atoms with E-state index in [1.54, 1.807) is 0 Å². The largest absolute Gasteiger partial charge is 0.444 e. The third kappa shape index (κ3) is 4.16. The van der Waals surface area contributed by atoms with Gasteiger partial charge in [-0.15, -0.1) is 0 Å². The summed E-state index contributed by atoms with van der Waals surface area (Å²) < 4.78 is 5.43. The molecule has 1 atom stereocenters. The Hall–Kier alpha value is -0.770. The summed E-state index contributed by atoms with van der Waals surface area (Å²) in [5.74, 6) is 0. The van der Waals surface area contributed by atoms with Crippen molar-refractivity contribution in [3.63, 3.8) is 0 Å². The molecule has 0 aromatic rings. The van der Waals surface area contributed by atoms with Gasteiger partial charge in [0.2, 0.25) is 0 Å². The van der Waals surface area contributed by atoms with Crippen LogP contribution in [-0.2, 0) is 4.74 Å². The molecular formula is C14H28N2O2. The van der Waals surface area contributed by atoms with Gasteiger partial charge in [0.15, 0.2) is 0 Å². The number of nitrogens with one attached hydrogen (secondary N) is 1. The summed E-state index contributed by atoms with van der Waals surface area (Å²) in [5, 5.41) is 3.51. The fraction of sp³-hybridized carbons (Fsp3) is 0.929. The second kappa shape index (κ2) is 5.47. The van der Waals surface area contributed by atoms with Crippen molar-refractivity contribution >= 4 is 6.09 Å². The van der Waals surface area contributed by atoms with Crippen LogP contribution >= 0.6 is 0 Å². The van der Waals surface area contributed by atoms with Crippen molar-refractivity contribution in [1.82, 2.24) is 10.2 Å². The first-order valence-corrected chi connectivity index (χ1v) is 6.87. The van der Waals surface area contributed by atoms with Gasteiger partial charge in [-0.3, -0.25) is 0 Å². The molecule has 4 nitrogen and oxygen atoms in total. The highest BCUT2D eigenvalue weighted by atomic mass is 16.6. The molecule has 0 radical (unpaired) electrons. The Labute approximate surface area is 111 Å². The average Bonchev–Trinajstić information content (AvgIpc) is 2.27. The Bertz CT molecular complexity index is 295. The molecule has 1 fully saturated rings. The Kier molecular flexibility index (Phi) is 4.65. The summed E-state index contributed by atoms with van der Waals surface area (Å²) in [7, 11) is 0. The first-order valence-electron chi connectivity index (χ1n) is 6.87. The molecule has 0 aromatic carbocycles. The molecule has 0 aromatic heterocycles. The Morgan fingerprint density at radius 1 is 1.33 bits per heavy atom. The van der Waals surface area contributed by atoms with E-state index in [9.17, 15) is 4.79 Å². The monoisotopic (exact) mass is 256 g/mol. The number of hydrogen-bond donors (Lipinski definition) is 1. The predicted molar refractivity (Wildman–Crippen MR) is 73.7 cm³/mol. The van der Waals surface area contributed by atoms with E-state index in [1.165, 1.54) is 0 Å². The van der Waals surface area contributed by atoms with Gasteiger partial charge >= 0.3 is 6.09 Å². The zero-order valence-electron chi connectivity index (χ0n) is 12.7. The molecule has 1 unspecified atom stereocenters. The van der Waals surface area contributed by atoms with Crippen LogP contribution in [0.2, 0.25) is 0 Å². The summed E-state index contributed by atoms with van der Waals surface area (Å²) in [6, 6.07) is 0.337. The average molecular weight is 256 g/mol. The molecule has 1 heterocycles. The van der Waals surface area contributed by atoms with Crippen LogP contribution in [0.4, 0.5) is 4.79 Å². The summed E-state index contributed by atoms with van der Waals surface area (Å²) in [4.78, 5) is 13.9. The van der Waals surface area contributed by atoms with E-state index in [0.717, 1.165) is 26.1 Å². The van der Waals surface area contributed by atoms with Gasteiger partial charge in [0.05, 0.1) is 0 Å². The Morgan fingerprint density at radius 2 is 1.94 bits per heavy atom. The third-order valence-corrected chi connectivity index (χ3v) is 3.68. The van der Waals surface area contributed by atoms with Crippen molar-refractivity contribution in [3.8, 4) is 0 Å². The van der Waals surface area contributed by atoms with E-state index in [4.69, 9.17) is 4.74 Å². The molecule has 4 heteroatoms. The van der Waals surface area contributed by atoms with E-state index >= 15 is 0 Å². The first kappa shape index (κ1) is 15.3. The van der Waals surface area contributed by atoms with Crippen LogP contribution in [0, 0.1) is 5.41 Å². The van der Waals surface area contributed by atoms with Crippen LogP contribution in [0.5, 0.6) is 0 Å². The van der Waals surface area contributed by atoms with E-state index in [2.05, 4.69) is 26.1 Å². The van der Waals surface area contributed by atoms with Gasteiger partial charge in [-0.05, 0) is 32.6 Å². The van der Waals surface area contributed by atoms with Crippen LogP contribution in [0.15, 0.2) is 0 Å².